The molecule has 0 fully saturated rings. The Morgan fingerprint density at radius 2 is 1.85 bits per heavy atom. The molecule has 0 aliphatic carbocycles. The molecule has 0 saturated carbocycles. The van der Waals surface area contributed by atoms with E-state index in [0.29, 0.717) is 18.1 Å². The van der Waals surface area contributed by atoms with Crippen LogP contribution in [-0.4, -0.2) is 33.0 Å². The van der Waals surface area contributed by atoms with Gasteiger partial charge in [-0.3, -0.25) is 0 Å². The first-order chi connectivity index (χ1) is 12.4. The Labute approximate surface area is 154 Å². The first kappa shape index (κ1) is 17.4. The Hall–Kier alpha value is -2.05. The number of benzene rings is 2. The summed E-state index contributed by atoms with van der Waals surface area (Å²) >= 11 is 0. The fraction of sp³-hybridized carbons (Fsp3) is 0.400. The fourth-order valence-corrected chi connectivity index (χ4v) is 5.16. The molecule has 0 radical (unpaired) electrons. The van der Waals surface area contributed by atoms with Crippen LogP contribution in [0, 0.1) is 13.8 Å². The number of aryl methyl sites for hydroxylation is 2. The van der Waals surface area contributed by atoms with Crippen molar-refractivity contribution in [1.29, 1.82) is 0 Å². The Morgan fingerprint density at radius 3 is 2.65 bits per heavy atom. The molecule has 0 bridgehead atoms. The third-order valence-corrected chi connectivity index (χ3v) is 7.12. The van der Waals surface area contributed by atoms with Gasteiger partial charge in [0.1, 0.15) is 11.5 Å². The third kappa shape index (κ3) is 2.77. The molecular formula is C20H23NO4S. The zero-order valence-electron chi connectivity index (χ0n) is 15.3. The molecule has 0 amide bonds. The zero-order chi connectivity index (χ0) is 18.5. The average Bonchev–Trinajstić information content (AvgIpc) is 3.25. The van der Waals surface area contributed by atoms with Gasteiger partial charge in [-0.15, -0.1) is 0 Å². The zero-order valence-corrected chi connectivity index (χ0v) is 16.1. The largest absolute Gasteiger partial charge is 0.493 e. The standard InChI is InChI=1S/C20H23NO4S/c1-13-4-5-14(2)19(10-13)26(22,23)21(3)12-17-16-7-9-24-18(16)11-15-6-8-25-20(15)17/h4-5,10-11H,6-9,12H2,1-3H3. The molecule has 2 aliphatic rings. The summed E-state index contributed by atoms with van der Waals surface area (Å²) in [7, 11) is -1.96. The predicted molar refractivity (Wildman–Crippen MR) is 99.4 cm³/mol. The van der Waals surface area contributed by atoms with Crippen LogP contribution in [0.25, 0.3) is 0 Å². The second-order valence-electron chi connectivity index (χ2n) is 7.05. The van der Waals surface area contributed by atoms with Gasteiger partial charge in [-0.05, 0) is 37.1 Å². The van der Waals surface area contributed by atoms with Gasteiger partial charge in [0, 0.05) is 43.1 Å². The molecule has 6 heteroatoms. The molecule has 2 aromatic carbocycles. The van der Waals surface area contributed by atoms with Crippen molar-refractivity contribution < 1.29 is 17.9 Å². The van der Waals surface area contributed by atoms with Crippen LogP contribution in [0.15, 0.2) is 29.2 Å². The quantitative estimate of drug-likeness (QED) is 0.827. The van der Waals surface area contributed by atoms with Gasteiger partial charge in [0.15, 0.2) is 0 Å². The maximum absolute atomic E-state index is 13.2. The number of nitrogens with zero attached hydrogens (tertiary/aromatic N) is 1. The van der Waals surface area contributed by atoms with Crippen LogP contribution in [0.2, 0.25) is 0 Å². The molecule has 5 nitrogen and oxygen atoms in total. The average molecular weight is 373 g/mol. The SMILES string of the molecule is Cc1ccc(C)c(S(=O)(=O)N(C)Cc2c3c(cc4c2OCC4)OCC3)c1. The highest BCUT2D eigenvalue weighted by Gasteiger charge is 2.30. The minimum atomic E-state index is -3.59. The van der Waals surface area contributed by atoms with E-state index in [2.05, 4.69) is 0 Å². The minimum absolute atomic E-state index is 0.282. The first-order valence-corrected chi connectivity index (χ1v) is 10.3. The summed E-state index contributed by atoms with van der Waals surface area (Å²) in [5.74, 6) is 1.72. The Kier molecular flexibility index (Phi) is 4.20. The van der Waals surface area contributed by atoms with E-state index in [4.69, 9.17) is 9.47 Å². The topological polar surface area (TPSA) is 55.8 Å². The summed E-state index contributed by atoms with van der Waals surface area (Å²) in [6.07, 6.45) is 1.63. The van der Waals surface area contributed by atoms with Gasteiger partial charge < -0.3 is 9.47 Å². The first-order valence-electron chi connectivity index (χ1n) is 8.85. The van der Waals surface area contributed by atoms with E-state index < -0.39 is 10.0 Å². The summed E-state index contributed by atoms with van der Waals surface area (Å²) in [6, 6.07) is 7.56. The van der Waals surface area contributed by atoms with Gasteiger partial charge in [-0.1, -0.05) is 12.1 Å². The Bertz CT molecular complexity index is 950. The van der Waals surface area contributed by atoms with E-state index in [-0.39, 0.29) is 6.54 Å². The molecular weight excluding hydrogens is 350 g/mol. The highest BCUT2D eigenvalue weighted by Crippen LogP contribution is 2.41. The van der Waals surface area contributed by atoms with Crippen LogP contribution in [0.5, 0.6) is 11.5 Å². The van der Waals surface area contributed by atoms with Crippen molar-refractivity contribution in [3.05, 3.63) is 52.1 Å². The van der Waals surface area contributed by atoms with E-state index in [0.717, 1.165) is 52.2 Å². The van der Waals surface area contributed by atoms with Gasteiger partial charge in [0.2, 0.25) is 10.0 Å². The van der Waals surface area contributed by atoms with Crippen molar-refractivity contribution in [2.75, 3.05) is 20.3 Å². The molecule has 0 unspecified atom stereocenters. The van der Waals surface area contributed by atoms with Crippen LogP contribution in [-0.2, 0) is 29.4 Å². The van der Waals surface area contributed by atoms with E-state index in [1.165, 1.54) is 4.31 Å². The third-order valence-electron chi connectivity index (χ3n) is 5.17. The van der Waals surface area contributed by atoms with Gasteiger partial charge in [0.05, 0.1) is 18.1 Å². The lowest BCUT2D eigenvalue weighted by Crippen LogP contribution is -2.28. The summed E-state index contributed by atoms with van der Waals surface area (Å²) in [5, 5.41) is 0. The maximum atomic E-state index is 13.2. The number of ether oxygens (including phenoxy) is 2. The number of fused-ring (bicyclic) bond motifs is 2. The monoisotopic (exact) mass is 373 g/mol. The van der Waals surface area contributed by atoms with Crippen molar-refractivity contribution >= 4 is 10.0 Å². The van der Waals surface area contributed by atoms with Gasteiger partial charge in [0.25, 0.3) is 0 Å². The predicted octanol–water partition coefficient (Wildman–Crippen LogP) is 2.99. The molecule has 0 atom stereocenters. The van der Waals surface area contributed by atoms with Crippen molar-refractivity contribution in [3.63, 3.8) is 0 Å². The highest BCUT2D eigenvalue weighted by molar-refractivity contribution is 7.89. The van der Waals surface area contributed by atoms with Crippen molar-refractivity contribution in [2.24, 2.45) is 0 Å². The van der Waals surface area contributed by atoms with Crippen LogP contribution in [0.1, 0.15) is 27.8 Å². The van der Waals surface area contributed by atoms with E-state index in [9.17, 15) is 8.42 Å². The highest BCUT2D eigenvalue weighted by atomic mass is 32.2. The van der Waals surface area contributed by atoms with Crippen molar-refractivity contribution in [3.8, 4) is 11.5 Å². The lowest BCUT2D eigenvalue weighted by molar-refractivity contribution is 0.348. The van der Waals surface area contributed by atoms with Gasteiger partial charge in [-0.25, -0.2) is 8.42 Å². The van der Waals surface area contributed by atoms with Gasteiger partial charge in [-0.2, -0.15) is 4.31 Å². The lowest BCUT2D eigenvalue weighted by atomic mass is 9.99. The number of hydrogen-bond donors (Lipinski definition) is 0. The normalized spacial score (nSPS) is 15.5. The summed E-state index contributed by atoms with van der Waals surface area (Å²) in [5.41, 5.74) is 4.82. The molecule has 4 rings (SSSR count). The number of rotatable bonds is 4. The summed E-state index contributed by atoms with van der Waals surface area (Å²) < 4.78 is 39.3. The lowest BCUT2D eigenvalue weighted by Gasteiger charge is -2.21. The molecule has 2 aromatic rings. The molecule has 2 aliphatic heterocycles. The second-order valence-corrected chi connectivity index (χ2v) is 9.06. The second kappa shape index (κ2) is 6.28. The van der Waals surface area contributed by atoms with Crippen LogP contribution in [0.4, 0.5) is 0 Å². The van der Waals surface area contributed by atoms with E-state index >= 15 is 0 Å². The molecule has 0 aromatic heterocycles. The Balaban J connectivity index is 1.73. The van der Waals surface area contributed by atoms with Crippen LogP contribution in [0.3, 0.4) is 0 Å². The smallest absolute Gasteiger partial charge is 0.243 e. The van der Waals surface area contributed by atoms with Crippen molar-refractivity contribution in [1.82, 2.24) is 4.31 Å². The van der Waals surface area contributed by atoms with Crippen molar-refractivity contribution in [2.45, 2.75) is 38.1 Å². The maximum Gasteiger partial charge on any atom is 0.243 e. The molecule has 26 heavy (non-hydrogen) atoms. The fourth-order valence-electron chi connectivity index (χ4n) is 3.71. The van der Waals surface area contributed by atoms with Crippen LogP contribution < -0.4 is 9.47 Å². The number of hydrogen-bond acceptors (Lipinski definition) is 4. The van der Waals surface area contributed by atoms with Crippen LogP contribution >= 0.6 is 0 Å². The van der Waals surface area contributed by atoms with E-state index in [1.807, 2.05) is 32.0 Å². The molecule has 0 spiro atoms. The molecule has 0 N–H and O–H groups in total. The van der Waals surface area contributed by atoms with Gasteiger partial charge >= 0.3 is 0 Å². The molecule has 138 valence electrons. The number of sulfonamides is 1. The minimum Gasteiger partial charge on any atom is -0.493 e. The molecule has 0 saturated heterocycles. The summed E-state index contributed by atoms with van der Waals surface area (Å²) in [6.45, 7) is 5.29. The summed E-state index contributed by atoms with van der Waals surface area (Å²) in [4.78, 5) is 0.362. The molecule has 2 heterocycles. The van der Waals surface area contributed by atoms with E-state index in [1.54, 1.807) is 13.1 Å². The Morgan fingerprint density at radius 1 is 1.08 bits per heavy atom.